The molecule has 1 amide bonds. The third kappa shape index (κ3) is 7.19. The fourth-order valence-corrected chi connectivity index (χ4v) is 1.52. The van der Waals surface area contributed by atoms with Crippen LogP contribution in [0.25, 0.3) is 0 Å². The average molecular weight is 302 g/mol. The van der Waals surface area contributed by atoms with Crippen LogP contribution in [0.5, 0.6) is 0 Å². The van der Waals surface area contributed by atoms with Crippen LogP contribution >= 0.6 is 0 Å². The van der Waals surface area contributed by atoms with Gasteiger partial charge in [-0.2, -0.15) is 0 Å². The van der Waals surface area contributed by atoms with Crippen LogP contribution in [0, 0.1) is 5.41 Å². The molecule has 1 N–H and O–H groups in total. The van der Waals surface area contributed by atoms with Crippen molar-refractivity contribution in [2.75, 3.05) is 47.0 Å². The summed E-state index contributed by atoms with van der Waals surface area (Å²) in [7, 11) is 3.20. The van der Waals surface area contributed by atoms with Crippen molar-refractivity contribution in [2.24, 2.45) is 5.41 Å². The van der Waals surface area contributed by atoms with E-state index >= 15 is 0 Å². The normalized spacial score (nSPS) is 11.3. The first-order valence-electron chi connectivity index (χ1n) is 6.90. The van der Waals surface area contributed by atoms with Gasteiger partial charge in [-0.3, -0.25) is 19.3 Å². The number of ether oxygens (including phenoxy) is 2. The first kappa shape index (κ1) is 19.5. The second-order valence-electron chi connectivity index (χ2n) is 5.28. The van der Waals surface area contributed by atoms with Crippen LogP contribution in [0.15, 0.2) is 0 Å². The van der Waals surface area contributed by atoms with Crippen molar-refractivity contribution >= 4 is 17.7 Å². The van der Waals surface area contributed by atoms with Crippen LogP contribution in [0.3, 0.4) is 0 Å². The summed E-state index contributed by atoms with van der Waals surface area (Å²) in [5.41, 5.74) is -1.21. The fourth-order valence-electron chi connectivity index (χ4n) is 1.52. The van der Waals surface area contributed by atoms with Crippen molar-refractivity contribution < 1.29 is 23.9 Å². The molecule has 21 heavy (non-hydrogen) atoms. The van der Waals surface area contributed by atoms with Crippen molar-refractivity contribution in [3.63, 3.8) is 0 Å². The molecule has 0 aliphatic heterocycles. The molecule has 7 nitrogen and oxygen atoms in total. The number of nitrogens with one attached hydrogen (secondary N) is 1. The molecular weight excluding hydrogens is 276 g/mol. The maximum Gasteiger partial charge on any atom is 0.319 e. The van der Waals surface area contributed by atoms with Gasteiger partial charge in [0.15, 0.2) is 5.78 Å². The van der Waals surface area contributed by atoms with Crippen LogP contribution in [-0.4, -0.2) is 69.6 Å². The van der Waals surface area contributed by atoms with E-state index in [0.29, 0.717) is 13.2 Å². The van der Waals surface area contributed by atoms with E-state index in [-0.39, 0.29) is 31.4 Å². The standard InChI is InChI=1S/C14H26N2O5/c1-6-21-13(19)14(2,3)11(17)9-16(4)10-12(18)15-7-8-20-5/h6-10H2,1-5H3,(H,15,18). The van der Waals surface area contributed by atoms with Crippen molar-refractivity contribution in [3.8, 4) is 0 Å². The Bertz CT molecular complexity index is 368. The Morgan fingerprint density at radius 3 is 2.33 bits per heavy atom. The van der Waals surface area contributed by atoms with Gasteiger partial charge in [0.2, 0.25) is 5.91 Å². The first-order chi connectivity index (χ1) is 9.75. The predicted molar refractivity (Wildman–Crippen MR) is 77.8 cm³/mol. The average Bonchev–Trinajstić information content (AvgIpc) is 2.38. The summed E-state index contributed by atoms with van der Waals surface area (Å²) in [6, 6.07) is 0. The van der Waals surface area contributed by atoms with E-state index in [4.69, 9.17) is 9.47 Å². The maximum absolute atomic E-state index is 12.1. The summed E-state index contributed by atoms with van der Waals surface area (Å²) in [5.74, 6) is -1.03. The molecule has 0 heterocycles. The number of Topliss-reactive ketones (excluding diaryl/α,β-unsaturated/α-hetero) is 1. The van der Waals surface area contributed by atoms with Crippen LogP contribution in [0.1, 0.15) is 20.8 Å². The van der Waals surface area contributed by atoms with Gasteiger partial charge in [-0.1, -0.05) is 0 Å². The first-order valence-corrected chi connectivity index (χ1v) is 6.90. The summed E-state index contributed by atoms with van der Waals surface area (Å²) >= 11 is 0. The van der Waals surface area contributed by atoms with Crippen molar-refractivity contribution in [3.05, 3.63) is 0 Å². The lowest BCUT2D eigenvalue weighted by atomic mass is 9.88. The van der Waals surface area contributed by atoms with Gasteiger partial charge in [-0.15, -0.1) is 0 Å². The molecule has 0 bridgehead atoms. The van der Waals surface area contributed by atoms with Crippen LogP contribution in [-0.2, 0) is 23.9 Å². The number of rotatable bonds is 10. The highest BCUT2D eigenvalue weighted by Gasteiger charge is 2.37. The fraction of sp³-hybridized carbons (Fsp3) is 0.786. The van der Waals surface area contributed by atoms with Gasteiger partial charge >= 0.3 is 5.97 Å². The second-order valence-corrected chi connectivity index (χ2v) is 5.28. The monoisotopic (exact) mass is 302 g/mol. The van der Waals surface area contributed by atoms with Gasteiger partial charge < -0.3 is 14.8 Å². The Morgan fingerprint density at radius 1 is 1.19 bits per heavy atom. The number of ketones is 1. The largest absolute Gasteiger partial charge is 0.465 e. The minimum absolute atomic E-state index is 0.00348. The molecule has 0 unspecified atom stereocenters. The van der Waals surface area contributed by atoms with E-state index in [1.165, 1.54) is 13.8 Å². The molecule has 0 aromatic carbocycles. The summed E-state index contributed by atoms with van der Waals surface area (Å²) < 4.78 is 9.71. The van der Waals surface area contributed by atoms with Crippen molar-refractivity contribution in [1.29, 1.82) is 0 Å². The summed E-state index contributed by atoms with van der Waals surface area (Å²) in [6.45, 7) is 5.91. The molecule has 122 valence electrons. The van der Waals surface area contributed by atoms with Crippen molar-refractivity contribution in [2.45, 2.75) is 20.8 Å². The number of nitrogens with zero attached hydrogens (tertiary/aromatic N) is 1. The van der Waals surface area contributed by atoms with Gasteiger partial charge in [-0.05, 0) is 27.8 Å². The topological polar surface area (TPSA) is 84.9 Å². The molecule has 0 atom stereocenters. The number of amides is 1. The summed E-state index contributed by atoms with van der Waals surface area (Å²) in [6.07, 6.45) is 0. The van der Waals surface area contributed by atoms with Gasteiger partial charge in [0.25, 0.3) is 0 Å². The SMILES string of the molecule is CCOC(=O)C(C)(C)C(=O)CN(C)CC(=O)NCCOC. The number of likely N-dealkylation sites (N-methyl/N-ethyl adjacent to an activating group) is 1. The molecule has 0 fully saturated rings. The zero-order valence-electron chi connectivity index (χ0n) is 13.5. The molecule has 0 saturated heterocycles. The Morgan fingerprint density at radius 2 is 1.81 bits per heavy atom. The lowest BCUT2D eigenvalue weighted by Crippen LogP contribution is -2.44. The third-order valence-electron chi connectivity index (χ3n) is 2.94. The Labute approximate surface area is 126 Å². The molecule has 0 saturated carbocycles. The molecule has 7 heteroatoms. The maximum atomic E-state index is 12.1. The van der Waals surface area contributed by atoms with Gasteiger partial charge in [0.1, 0.15) is 5.41 Å². The van der Waals surface area contributed by atoms with Crippen LogP contribution < -0.4 is 5.32 Å². The quantitative estimate of drug-likeness (QED) is 0.343. The number of methoxy groups -OCH3 is 1. The van der Waals surface area contributed by atoms with Crippen LogP contribution in [0.2, 0.25) is 0 Å². The molecule has 0 radical (unpaired) electrons. The molecule has 0 aromatic heterocycles. The Hall–Kier alpha value is -1.47. The highest BCUT2D eigenvalue weighted by molar-refractivity contribution is 6.04. The number of carbonyl (C=O) groups excluding carboxylic acids is 3. The lowest BCUT2D eigenvalue weighted by Gasteiger charge is -2.24. The molecule has 0 aliphatic rings. The molecule has 0 aliphatic carbocycles. The minimum Gasteiger partial charge on any atom is -0.465 e. The van der Waals surface area contributed by atoms with E-state index in [1.807, 2.05) is 0 Å². The minimum atomic E-state index is -1.21. The number of hydrogen-bond acceptors (Lipinski definition) is 6. The number of hydrogen-bond donors (Lipinski definition) is 1. The second kappa shape index (κ2) is 9.46. The Balaban J connectivity index is 4.31. The van der Waals surface area contributed by atoms with E-state index in [9.17, 15) is 14.4 Å². The van der Waals surface area contributed by atoms with E-state index < -0.39 is 11.4 Å². The molecule has 0 spiro atoms. The third-order valence-corrected chi connectivity index (χ3v) is 2.94. The van der Waals surface area contributed by atoms with E-state index in [0.717, 1.165) is 0 Å². The zero-order chi connectivity index (χ0) is 16.5. The number of carbonyl (C=O) groups is 3. The summed E-state index contributed by atoms with van der Waals surface area (Å²) in [5, 5.41) is 2.66. The van der Waals surface area contributed by atoms with E-state index in [1.54, 1.807) is 26.0 Å². The van der Waals surface area contributed by atoms with Gasteiger partial charge in [0, 0.05) is 13.7 Å². The van der Waals surface area contributed by atoms with E-state index in [2.05, 4.69) is 5.32 Å². The lowest BCUT2D eigenvalue weighted by molar-refractivity contribution is -0.158. The van der Waals surface area contributed by atoms with Crippen LogP contribution in [0.4, 0.5) is 0 Å². The predicted octanol–water partition coefficient (Wildman–Crippen LogP) is -0.161. The highest BCUT2D eigenvalue weighted by atomic mass is 16.5. The Kier molecular flexibility index (Phi) is 8.80. The molecular formula is C14H26N2O5. The molecule has 0 rings (SSSR count). The zero-order valence-corrected chi connectivity index (χ0v) is 13.5. The molecule has 0 aromatic rings. The van der Waals surface area contributed by atoms with Crippen molar-refractivity contribution in [1.82, 2.24) is 10.2 Å². The highest BCUT2D eigenvalue weighted by Crippen LogP contribution is 2.19. The van der Waals surface area contributed by atoms with Gasteiger partial charge in [-0.25, -0.2) is 0 Å². The summed E-state index contributed by atoms with van der Waals surface area (Å²) in [4.78, 5) is 37.0. The number of esters is 1. The smallest absolute Gasteiger partial charge is 0.319 e. The van der Waals surface area contributed by atoms with Gasteiger partial charge in [0.05, 0.1) is 26.3 Å².